The van der Waals surface area contributed by atoms with Gasteiger partial charge in [-0.2, -0.15) is 5.26 Å². The Bertz CT molecular complexity index is 498. The lowest BCUT2D eigenvalue weighted by Crippen LogP contribution is -2.55. The summed E-state index contributed by atoms with van der Waals surface area (Å²) in [5, 5.41) is 12.1. The lowest BCUT2D eigenvalue weighted by molar-refractivity contribution is -0.135. The van der Waals surface area contributed by atoms with Crippen molar-refractivity contribution in [2.75, 3.05) is 6.54 Å². The Morgan fingerprint density at radius 1 is 1.48 bits per heavy atom. The lowest BCUT2D eigenvalue weighted by Gasteiger charge is -2.33. The van der Waals surface area contributed by atoms with Gasteiger partial charge in [0.15, 0.2) is 3.55 Å². The molecule has 0 bridgehead atoms. The summed E-state index contributed by atoms with van der Waals surface area (Å²) in [6.45, 7) is 9.75. The van der Waals surface area contributed by atoms with Crippen molar-refractivity contribution in [2.24, 2.45) is 5.92 Å². The fourth-order valence-corrected chi connectivity index (χ4v) is 3.33. The van der Waals surface area contributed by atoms with Crippen LogP contribution < -0.4 is 5.32 Å². The smallest absolute Gasteiger partial charge is 0.408 e. The number of carbonyl (C=O) groups is 2. The predicted octanol–water partition coefficient (Wildman–Crippen LogP) is 3.20. The first-order chi connectivity index (χ1) is 10.5. The van der Waals surface area contributed by atoms with Crippen molar-refractivity contribution in [3.63, 3.8) is 0 Å². The predicted molar refractivity (Wildman–Crippen MR) is 95.9 cm³/mol. The number of alkyl carbamates (subject to hydrolysis) is 1. The average molecular weight is 435 g/mol. The lowest BCUT2D eigenvalue weighted by atomic mass is 9.97. The Morgan fingerprint density at radius 2 is 2.09 bits per heavy atom. The third kappa shape index (κ3) is 5.23. The molecule has 0 saturated carbocycles. The van der Waals surface area contributed by atoms with E-state index in [0.717, 1.165) is 12.8 Å². The quantitative estimate of drug-likeness (QED) is 0.418. The van der Waals surface area contributed by atoms with Gasteiger partial charge in [0.05, 0.1) is 0 Å². The van der Waals surface area contributed by atoms with Gasteiger partial charge in [0.1, 0.15) is 17.7 Å². The molecule has 0 radical (unpaired) electrons. The molecule has 0 aromatic rings. The zero-order chi connectivity index (χ0) is 17.8. The number of ether oxygens (including phenoxy) is 1. The molecule has 1 heterocycles. The van der Waals surface area contributed by atoms with Gasteiger partial charge in [-0.25, -0.2) is 4.79 Å². The summed E-state index contributed by atoms with van der Waals surface area (Å²) in [4.78, 5) is 26.6. The fourth-order valence-electron chi connectivity index (χ4n) is 2.47. The number of amides is 2. The van der Waals surface area contributed by atoms with E-state index in [2.05, 4.69) is 11.4 Å². The van der Waals surface area contributed by atoms with E-state index in [1.54, 1.807) is 25.7 Å². The van der Waals surface area contributed by atoms with Crippen LogP contribution in [0.3, 0.4) is 0 Å². The van der Waals surface area contributed by atoms with Crippen molar-refractivity contribution in [2.45, 2.75) is 69.1 Å². The topological polar surface area (TPSA) is 82.4 Å². The molecule has 1 aliphatic heterocycles. The number of hydrogen-bond donors (Lipinski definition) is 1. The van der Waals surface area contributed by atoms with Crippen LogP contribution in [0.4, 0.5) is 4.79 Å². The van der Waals surface area contributed by atoms with Gasteiger partial charge in [0, 0.05) is 6.54 Å². The minimum absolute atomic E-state index is 0.0463. The molecule has 7 heteroatoms. The second kappa shape index (κ2) is 7.69. The highest BCUT2D eigenvalue weighted by Crippen LogP contribution is 2.36. The van der Waals surface area contributed by atoms with Crippen LogP contribution in [0, 0.1) is 17.2 Å². The van der Waals surface area contributed by atoms with E-state index in [4.69, 9.17) is 4.74 Å². The van der Waals surface area contributed by atoms with Crippen LogP contribution in [-0.2, 0) is 9.53 Å². The first-order valence-electron chi connectivity index (χ1n) is 7.95. The zero-order valence-electron chi connectivity index (χ0n) is 14.5. The molecule has 1 saturated heterocycles. The largest absolute Gasteiger partial charge is 0.444 e. The van der Waals surface area contributed by atoms with Crippen molar-refractivity contribution in [3.8, 4) is 6.07 Å². The van der Waals surface area contributed by atoms with E-state index < -0.39 is 21.3 Å². The molecule has 1 N–H and O–H groups in total. The number of likely N-dealkylation sites (tertiary alicyclic amines) is 1. The maximum Gasteiger partial charge on any atom is 0.408 e. The Balaban J connectivity index is 2.92. The van der Waals surface area contributed by atoms with Crippen molar-refractivity contribution in [1.82, 2.24) is 10.2 Å². The van der Waals surface area contributed by atoms with Crippen LogP contribution in [0.25, 0.3) is 0 Å². The third-order valence-corrected chi connectivity index (χ3v) is 5.27. The molecule has 1 aliphatic rings. The van der Waals surface area contributed by atoms with Gasteiger partial charge >= 0.3 is 6.09 Å². The minimum Gasteiger partial charge on any atom is -0.444 e. The van der Waals surface area contributed by atoms with E-state index in [9.17, 15) is 14.9 Å². The Kier molecular flexibility index (Phi) is 6.69. The number of nitrogens with one attached hydrogen (secondary N) is 1. The molecule has 1 unspecified atom stereocenters. The molecule has 2 amide bonds. The Hall–Kier alpha value is -1.04. The number of carbonyl (C=O) groups excluding carboxylic acids is 2. The van der Waals surface area contributed by atoms with Gasteiger partial charge in [-0.3, -0.25) is 4.79 Å². The van der Waals surface area contributed by atoms with Gasteiger partial charge in [0.25, 0.3) is 0 Å². The highest BCUT2D eigenvalue weighted by atomic mass is 127. The number of nitriles is 1. The molecule has 3 atom stereocenters. The first-order valence-corrected chi connectivity index (χ1v) is 9.03. The van der Waals surface area contributed by atoms with Crippen molar-refractivity contribution in [1.29, 1.82) is 5.26 Å². The van der Waals surface area contributed by atoms with Gasteiger partial charge in [-0.15, -0.1) is 0 Å². The molecule has 23 heavy (non-hydrogen) atoms. The van der Waals surface area contributed by atoms with Crippen LogP contribution in [0.2, 0.25) is 0 Å². The monoisotopic (exact) mass is 435 g/mol. The standard InChI is InChI=1S/C16H26IN3O3/c1-6-11(2)12(19-14(22)23-15(3,4)5)13(21)20-9-7-8-16(20,17)10-18/h11-12H,6-9H2,1-5H3,(H,19,22)/t11?,12-,16+/m0/s1. The summed E-state index contributed by atoms with van der Waals surface area (Å²) in [6, 6.07) is 1.54. The zero-order valence-corrected chi connectivity index (χ0v) is 16.6. The first kappa shape index (κ1) is 20.0. The van der Waals surface area contributed by atoms with Crippen LogP contribution >= 0.6 is 22.6 Å². The summed E-state index contributed by atoms with van der Waals surface area (Å²) in [7, 11) is 0. The van der Waals surface area contributed by atoms with Crippen molar-refractivity contribution in [3.05, 3.63) is 0 Å². The van der Waals surface area contributed by atoms with E-state index in [0.29, 0.717) is 13.0 Å². The van der Waals surface area contributed by atoms with Crippen molar-refractivity contribution >= 4 is 34.6 Å². The maximum atomic E-state index is 12.9. The molecule has 130 valence electrons. The molecular weight excluding hydrogens is 409 g/mol. The van der Waals surface area contributed by atoms with Crippen molar-refractivity contribution < 1.29 is 14.3 Å². The van der Waals surface area contributed by atoms with E-state index in [1.807, 2.05) is 36.4 Å². The molecule has 0 aromatic carbocycles. The minimum atomic E-state index is -0.823. The molecule has 6 nitrogen and oxygen atoms in total. The fraction of sp³-hybridized carbons (Fsp3) is 0.812. The molecule has 0 aromatic heterocycles. The normalized spacial score (nSPS) is 23.8. The number of nitrogens with zero attached hydrogens (tertiary/aromatic N) is 2. The second-order valence-electron chi connectivity index (χ2n) is 6.97. The molecule has 0 spiro atoms. The second-order valence-corrected chi connectivity index (χ2v) is 8.76. The van der Waals surface area contributed by atoms with Crippen LogP contribution in [0.1, 0.15) is 53.9 Å². The molecule has 0 aliphatic carbocycles. The number of alkyl halides is 1. The summed E-state index contributed by atoms with van der Waals surface area (Å²) in [6.07, 6.45) is 1.57. The van der Waals surface area contributed by atoms with Gasteiger partial charge in [-0.1, -0.05) is 20.3 Å². The highest BCUT2D eigenvalue weighted by Gasteiger charge is 2.45. The van der Waals surface area contributed by atoms with Gasteiger partial charge in [-0.05, 0) is 62.1 Å². The van der Waals surface area contributed by atoms with E-state index in [1.165, 1.54) is 0 Å². The number of halogens is 1. The third-order valence-electron chi connectivity index (χ3n) is 3.91. The SMILES string of the molecule is CCC(C)[C@H](NC(=O)OC(C)(C)C)C(=O)N1CCC[C@]1(I)C#N. The molecular formula is C16H26IN3O3. The number of rotatable bonds is 4. The van der Waals surface area contributed by atoms with Crippen LogP contribution in [0.5, 0.6) is 0 Å². The van der Waals surface area contributed by atoms with E-state index in [-0.39, 0.29) is 11.8 Å². The molecule has 1 fully saturated rings. The summed E-state index contributed by atoms with van der Waals surface area (Å²) < 4.78 is 4.44. The van der Waals surface area contributed by atoms with Gasteiger partial charge < -0.3 is 15.0 Å². The highest BCUT2D eigenvalue weighted by molar-refractivity contribution is 14.1. The summed E-state index contributed by atoms with van der Waals surface area (Å²) >= 11 is 2.03. The number of hydrogen-bond acceptors (Lipinski definition) is 4. The maximum absolute atomic E-state index is 12.9. The summed E-state index contributed by atoms with van der Waals surface area (Å²) in [5.74, 6) is -0.256. The summed E-state index contributed by atoms with van der Waals surface area (Å²) in [5.41, 5.74) is -0.625. The van der Waals surface area contributed by atoms with Gasteiger partial charge in [0.2, 0.25) is 5.91 Å². The van der Waals surface area contributed by atoms with E-state index >= 15 is 0 Å². The van der Waals surface area contributed by atoms with Crippen LogP contribution in [-0.4, -0.2) is 38.6 Å². The Morgan fingerprint density at radius 3 is 2.57 bits per heavy atom. The average Bonchev–Trinajstić information content (AvgIpc) is 2.84. The van der Waals surface area contributed by atoms with Crippen LogP contribution in [0.15, 0.2) is 0 Å². The molecule has 1 rings (SSSR count). The Labute approximate surface area is 152 Å².